The molecule has 1 aromatic rings. The number of aryl methyl sites for hydroxylation is 1. The Morgan fingerprint density at radius 1 is 1.31 bits per heavy atom. The SMILES string of the molecule is CC(C)[C@H]1CCc2ccccc2N1. The fraction of sp³-hybridized carbons (Fsp3) is 0.500. The molecule has 1 aliphatic heterocycles. The van der Waals surface area contributed by atoms with Crippen molar-refractivity contribution < 1.29 is 0 Å². The molecule has 2 rings (SSSR count). The maximum absolute atomic E-state index is 3.60. The van der Waals surface area contributed by atoms with Crippen LogP contribution in [-0.4, -0.2) is 6.04 Å². The van der Waals surface area contributed by atoms with Crippen LogP contribution < -0.4 is 5.32 Å². The third-order valence-electron chi connectivity index (χ3n) is 2.89. The number of hydrogen-bond acceptors (Lipinski definition) is 1. The molecule has 0 saturated heterocycles. The van der Waals surface area contributed by atoms with E-state index >= 15 is 0 Å². The largest absolute Gasteiger partial charge is 0.382 e. The Labute approximate surface area is 80.2 Å². The van der Waals surface area contributed by atoms with E-state index in [1.165, 1.54) is 24.1 Å². The summed E-state index contributed by atoms with van der Waals surface area (Å²) in [4.78, 5) is 0. The third kappa shape index (κ3) is 1.69. The van der Waals surface area contributed by atoms with Crippen LogP contribution in [-0.2, 0) is 6.42 Å². The predicted octanol–water partition coefficient (Wildman–Crippen LogP) is 3.07. The molecule has 1 nitrogen and oxygen atoms in total. The van der Waals surface area contributed by atoms with Crippen molar-refractivity contribution in [2.75, 3.05) is 5.32 Å². The van der Waals surface area contributed by atoms with Crippen molar-refractivity contribution in [2.24, 2.45) is 5.92 Å². The zero-order valence-electron chi connectivity index (χ0n) is 8.38. The molecule has 0 amide bonds. The number of rotatable bonds is 1. The second kappa shape index (κ2) is 3.41. The Balaban J connectivity index is 2.20. The van der Waals surface area contributed by atoms with Crippen molar-refractivity contribution in [3.05, 3.63) is 29.8 Å². The molecule has 1 aliphatic rings. The van der Waals surface area contributed by atoms with E-state index in [-0.39, 0.29) is 0 Å². The van der Waals surface area contributed by atoms with Gasteiger partial charge in [0.25, 0.3) is 0 Å². The van der Waals surface area contributed by atoms with Gasteiger partial charge in [-0.2, -0.15) is 0 Å². The molecular weight excluding hydrogens is 158 g/mol. The standard InChI is InChI=1S/C12H17N/c1-9(2)11-8-7-10-5-3-4-6-12(10)13-11/h3-6,9,11,13H,7-8H2,1-2H3/t11-/m1/s1. The average molecular weight is 175 g/mol. The van der Waals surface area contributed by atoms with E-state index in [4.69, 9.17) is 0 Å². The lowest BCUT2D eigenvalue weighted by molar-refractivity contribution is 0.483. The minimum Gasteiger partial charge on any atom is -0.382 e. The minimum absolute atomic E-state index is 0.662. The smallest absolute Gasteiger partial charge is 0.0374 e. The molecule has 0 aliphatic carbocycles. The lowest BCUT2D eigenvalue weighted by Crippen LogP contribution is -2.30. The number of hydrogen-bond donors (Lipinski definition) is 1. The highest BCUT2D eigenvalue weighted by molar-refractivity contribution is 5.53. The van der Waals surface area contributed by atoms with E-state index in [9.17, 15) is 0 Å². The van der Waals surface area contributed by atoms with Crippen LogP contribution in [0.3, 0.4) is 0 Å². The predicted molar refractivity (Wildman–Crippen MR) is 57.0 cm³/mol. The highest BCUT2D eigenvalue weighted by Crippen LogP contribution is 2.26. The summed E-state index contributed by atoms with van der Waals surface area (Å²) >= 11 is 0. The Morgan fingerprint density at radius 2 is 2.08 bits per heavy atom. The van der Waals surface area contributed by atoms with E-state index in [1.807, 2.05) is 0 Å². The minimum atomic E-state index is 0.662. The Morgan fingerprint density at radius 3 is 2.85 bits per heavy atom. The molecule has 1 atom stereocenters. The molecular formula is C12H17N. The molecule has 1 N–H and O–H groups in total. The molecule has 0 spiro atoms. The summed E-state index contributed by atoms with van der Waals surface area (Å²) in [6.07, 6.45) is 2.50. The first-order chi connectivity index (χ1) is 6.27. The van der Waals surface area contributed by atoms with Crippen molar-refractivity contribution >= 4 is 5.69 Å². The van der Waals surface area contributed by atoms with Crippen LogP contribution in [0.5, 0.6) is 0 Å². The van der Waals surface area contributed by atoms with Crippen molar-refractivity contribution in [3.8, 4) is 0 Å². The summed E-state index contributed by atoms with van der Waals surface area (Å²) in [6.45, 7) is 4.57. The molecule has 70 valence electrons. The highest BCUT2D eigenvalue weighted by atomic mass is 14.9. The van der Waals surface area contributed by atoms with Gasteiger partial charge in [0.05, 0.1) is 0 Å². The van der Waals surface area contributed by atoms with E-state index in [0.717, 1.165) is 5.92 Å². The van der Waals surface area contributed by atoms with Crippen molar-refractivity contribution in [1.82, 2.24) is 0 Å². The summed E-state index contributed by atoms with van der Waals surface area (Å²) < 4.78 is 0. The van der Waals surface area contributed by atoms with E-state index in [0.29, 0.717) is 6.04 Å². The highest BCUT2D eigenvalue weighted by Gasteiger charge is 2.19. The lowest BCUT2D eigenvalue weighted by Gasteiger charge is -2.29. The van der Waals surface area contributed by atoms with Gasteiger partial charge in [0.2, 0.25) is 0 Å². The summed E-state index contributed by atoms with van der Waals surface area (Å²) in [5.74, 6) is 0.730. The van der Waals surface area contributed by atoms with Gasteiger partial charge in [-0.15, -0.1) is 0 Å². The monoisotopic (exact) mass is 175 g/mol. The van der Waals surface area contributed by atoms with Crippen molar-refractivity contribution in [2.45, 2.75) is 32.7 Å². The molecule has 0 fully saturated rings. The third-order valence-corrected chi connectivity index (χ3v) is 2.89. The molecule has 0 unspecified atom stereocenters. The van der Waals surface area contributed by atoms with E-state index < -0.39 is 0 Å². The van der Waals surface area contributed by atoms with E-state index in [1.54, 1.807) is 0 Å². The molecule has 1 heterocycles. The number of fused-ring (bicyclic) bond motifs is 1. The van der Waals surface area contributed by atoms with Crippen LogP contribution in [0.15, 0.2) is 24.3 Å². The normalized spacial score (nSPS) is 21.0. The fourth-order valence-corrected chi connectivity index (χ4v) is 1.96. The average Bonchev–Trinajstić information content (AvgIpc) is 2.17. The van der Waals surface area contributed by atoms with Gasteiger partial charge in [-0.05, 0) is 30.4 Å². The molecule has 0 bridgehead atoms. The van der Waals surface area contributed by atoms with Gasteiger partial charge in [0.1, 0.15) is 0 Å². The van der Waals surface area contributed by atoms with Crippen LogP contribution >= 0.6 is 0 Å². The molecule has 0 aromatic heterocycles. The Hall–Kier alpha value is -0.980. The number of anilines is 1. The zero-order chi connectivity index (χ0) is 9.26. The number of benzene rings is 1. The van der Waals surface area contributed by atoms with E-state index in [2.05, 4.69) is 43.4 Å². The number of nitrogens with one attached hydrogen (secondary N) is 1. The van der Waals surface area contributed by atoms with Gasteiger partial charge in [0, 0.05) is 11.7 Å². The van der Waals surface area contributed by atoms with Gasteiger partial charge >= 0.3 is 0 Å². The van der Waals surface area contributed by atoms with Gasteiger partial charge in [-0.1, -0.05) is 32.0 Å². The van der Waals surface area contributed by atoms with Gasteiger partial charge in [-0.25, -0.2) is 0 Å². The topological polar surface area (TPSA) is 12.0 Å². The van der Waals surface area contributed by atoms with Crippen LogP contribution in [0.1, 0.15) is 25.8 Å². The van der Waals surface area contributed by atoms with Crippen LogP contribution in [0, 0.1) is 5.92 Å². The Bertz CT molecular complexity index is 291. The second-order valence-corrected chi connectivity index (χ2v) is 4.19. The summed E-state index contributed by atoms with van der Waals surface area (Å²) in [5.41, 5.74) is 2.81. The fourth-order valence-electron chi connectivity index (χ4n) is 1.96. The molecule has 1 heteroatoms. The van der Waals surface area contributed by atoms with Crippen molar-refractivity contribution in [3.63, 3.8) is 0 Å². The molecule has 0 saturated carbocycles. The van der Waals surface area contributed by atoms with Gasteiger partial charge < -0.3 is 5.32 Å². The van der Waals surface area contributed by atoms with Gasteiger partial charge in [0.15, 0.2) is 0 Å². The Kier molecular flexibility index (Phi) is 2.26. The summed E-state index contributed by atoms with van der Waals surface area (Å²) in [7, 11) is 0. The van der Waals surface area contributed by atoms with Crippen LogP contribution in [0.4, 0.5) is 5.69 Å². The maximum Gasteiger partial charge on any atom is 0.0374 e. The summed E-state index contributed by atoms with van der Waals surface area (Å²) in [6, 6.07) is 9.29. The van der Waals surface area contributed by atoms with Gasteiger partial charge in [-0.3, -0.25) is 0 Å². The molecule has 13 heavy (non-hydrogen) atoms. The second-order valence-electron chi connectivity index (χ2n) is 4.19. The summed E-state index contributed by atoms with van der Waals surface area (Å²) in [5, 5.41) is 3.60. The quantitative estimate of drug-likeness (QED) is 0.691. The van der Waals surface area contributed by atoms with Crippen LogP contribution in [0.2, 0.25) is 0 Å². The number of para-hydroxylation sites is 1. The zero-order valence-corrected chi connectivity index (χ0v) is 8.38. The first-order valence-electron chi connectivity index (χ1n) is 5.12. The first-order valence-corrected chi connectivity index (χ1v) is 5.12. The molecule has 1 aromatic carbocycles. The first kappa shape index (κ1) is 8.61. The molecule has 0 radical (unpaired) electrons. The van der Waals surface area contributed by atoms with Crippen LogP contribution in [0.25, 0.3) is 0 Å². The maximum atomic E-state index is 3.60. The van der Waals surface area contributed by atoms with Crippen molar-refractivity contribution in [1.29, 1.82) is 0 Å². The lowest BCUT2D eigenvalue weighted by atomic mass is 9.92.